The first-order valence-electron chi connectivity index (χ1n) is 6.83. The number of urea groups is 1. The molecule has 0 saturated heterocycles. The van der Waals surface area contributed by atoms with Gasteiger partial charge in [-0.25, -0.2) is 17.6 Å². The van der Waals surface area contributed by atoms with Crippen molar-refractivity contribution in [2.24, 2.45) is 0 Å². The number of para-hydroxylation sites is 1. The largest absolute Gasteiger partial charge is 0.322 e. The molecule has 1 aromatic carbocycles. The van der Waals surface area contributed by atoms with Gasteiger partial charge in [0.15, 0.2) is 9.84 Å². The number of sulfone groups is 1. The van der Waals surface area contributed by atoms with Gasteiger partial charge in [0, 0.05) is 18.3 Å². The number of anilines is 1. The second-order valence-corrected chi connectivity index (χ2v) is 7.14. The summed E-state index contributed by atoms with van der Waals surface area (Å²) in [5.74, 6) is -0.609. The van der Waals surface area contributed by atoms with Gasteiger partial charge in [0.1, 0.15) is 5.82 Å². The molecule has 0 saturated carbocycles. The van der Waals surface area contributed by atoms with Crippen molar-refractivity contribution >= 4 is 21.6 Å². The van der Waals surface area contributed by atoms with Crippen LogP contribution in [0.2, 0.25) is 0 Å². The SMILES string of the molecule is CCN(C(=O)Nc1ccccc1F)[C@H](C)CS(=O)(=O)CC. The van der Waals surface area contributed by atoms with Crippen molar-refractivity contribution in [3.63, 3.8) is 0 Å². The highest BCUT2D eigenvalue weighted by Crippen LogP contribution is 2.14. The highest BCUT2D eigenvalue weighted by Gasteiger charge is 2.23. The molecule has 0 spiro atoms. The molecule has 5 nitrogen and oxygen atoms in total. The molecule has 0 radical (unpaired) electrons. The van der Waals surface area contributed by atoms with Gasteiger partial charge >= 0.3 is 6.03 Å². The zero-order chi connectivity index (χ0) is 16.0. The number of amides is 2. The van der Waals surface area contributed by atoms with Crippen molar-refractivity contribution in [1.29, 1.82) is 0 Å². The van der Waals surface area contributed by atoms with Gasteiger partial charge in [0.25, 0.3) is 0 Å². The summed E-state index contributed by atoms with van der Waals surface area (Å²) in [7, 11) is -3.18. The van der Waals surface area contributed by atoms with E-state index in [-0.39, 0.29) is 17.2 Å². The summed E-state index contributed by atoms with van der Waals surface area (Å²) in [6, 6.07) is 4.85. The van der Waals surface area contributed by atoms with Gasteiger partial charge in [-0.1, -0.05) is 19.1 Å². The van der Waals surface area contributed by atoms with Crippen LogP contribution in [-0.4, -0.2) is 43.4 Å². The van der Waals surface area contributed by atoms with Gasteiger partial charge in [-0.2, -0.15) is 0 Å². The predicted molar refractivity (Wildman–Crippen MR) is 81.6 cm³/mol. The Bertz CT molecular complexity index is 590. The first kappa shape index (κ1) is 17.4. The summed E-state index contributed by atoms with van der Waals surface area (Å²) in [6.45, 7) is 5.31. The third-order valence-corrected chi connectivity index (χ3v) is 5.05. The molecule has 2 amide bonds. The minimum absolute atomic E-state index is 0.0316. The maximum Gasteiger partial charge on any atom is 0.322 e. The molecule has 1 N–H and O–H groups in total. The van der Waals surface area contributed by atoms with Gasteiger partial charge in [-0.3, -0.25) is 0 Å². The maximum absolute atomic E-state index is 13.5. The lowest BCUT2D eigenvalue weighted by Crippen LogP contribution is -2.44. The van der Waals surface area contributed by atoms with Gasteiger partial charge in [0.05, 0.1) is 11.4 Å². The van der Waals surface area contributed by atoms with E-state index >= 15 is 0 Å². The molecule has 0 heterocycles. The topological polar surface area (TPSA) is 66.5 Å². The second-order valence-electron chi connectivity index (χ2n) is 4.74. The summed E-state index contributed by atoms with van der Waals surface area (Å²) in [4.78, 5) is 13.5. The van der Waals surface area contributed by atoms with Crippen LogP contribution in [-0.2, 0) is 9.84 Å². The summed E-state index contributed by atoms with van der Waals surface area (Å²) in [6.07, 6.45) is 0. The van der Waals surface area contributed by atoms with E-state index < -0.39 is 27.7 Å². The Hall–Kier alpha value is -1.63. The highest BCUT2D eigenvalue weighted by molar-refractivity contribution is 7.91. The first-order chi connectivity index (χ1) is 9.80. The molecule has 21 heavy (non-hydrogen) atoms. The molecule has 0 aliphatic rings. The summed E-state index contributed by atoms with van der Waals surface area (Å²) >= 11 is 0. The smallest absolute Gasteiger partial charge is 0.321 e. The summed E-state index contributed by atoms with van der Waals surface area (Å²) in [5.41, 5.74) is 0.0755. The van der Waals surface area contributed by atoms with Gasteiger partial charge < -0.3 is 10.2 Å². The molecule has 0 aliphatic carbocycles. The lowest BCUT2D eigenvalue weighted by Gasteiger charge is -2.28. The molecule has 7 heteroatoms. The average molecular weight is 316 g/mol. The van der Waals surface area contributed by atoms with E-state index in [1.54, 1.807) is 26.8 Å². The molecular formula is C14H21FN2O3S. The van der Waals surface area contributed by atoms with Crippen LogP contribution >= 0.6 is 0 Å². The third-order valence-electron chi connectivity index (χ3n) is 3.18. The fourth-order valence-corrected chi connectivity index (χ4v) is 3.13. The monoisotopic (exact) mass is 316 g/mol. The normalized spacial score (nSPS) is 12.8. The van der Waals surface area contributed by atoms with Crippen molar-refractivity contribution in [2.75, 3.05) is 23.4 Å². The van der Waals surface area contributed by atoms with Gasteiger partial charge in [0.2, 0.25) is 0 Å². The van der Waals surface area contributed by atoms with Crippen molar-refractivity contribution in [2.45, 2.75) is 26.8 Å². The Morgan fingerprint density at radius 3 is 2.48 bits per heavy atom. The van der Waals surface area contributed by atoms with Crippen LogP contribution in [0.15, 0.2) is 24.3 Å². The molecule has 1 rings (SSSR count). The molecular weight excluding hydrogens is 295 g/mol. The number of carbonyl (C=O) groups is 1. The Morgan fingerprint density at radius 2 is 1.95 bits per heavy atom. The van der Waals surface area contributed by atoms with Gasteiger partial charge in [-0.05, 0) is 26.0 Å². The second kappa shape index (κ2) is 7.40. The fraction of sp³-hybridized carbons (Fsp3) is 0.500. The Kier molecular flexibility index (Phi) is 6.14. The minimum atomic E-state index is -3.18. The molecule has 1 aromatic rings. The van der Waals surface area contributed by atoms with E-state index in [1.165, 1.54) is 23.1 Å². The zero-order valence-electron chi connectivity index (χ0n) is 12.5. The first-order valence-corrected chi connectivity index (χ1v) is 8.65. The number of nitrogens with one attached hydrogen (secondary N) is 1. The Morgan fingerprint density at radius 1 is 1.33 bits per heavy atom. The highest BCUT2D eigenvalue weighted by atomic mass is 32.2. The third kappa shape index (κ3) is 5.00. The van der Waals surface area contributed by atoms with E-state index in [0.717, 1.165) is 0 Å². The minimum Gasteiger partial charge on any atom is -0.321 e. The molecule has 0 aliphatic heterocycles. The maximum atomic E-state index is 13.5. The van der Waals surface area contributed by atoms with Crippen LogP contribution in [0.1, 0.15) is 20.8 Å². The van der Waals surface area contributed by atoms with E-state index in [0.29, 0.717) is 6.54 Å². The lowest BCUT2D eigenvalue weighted by molar-refractivity contribution is 0.201. The van der Waals surface area contributed by atoms with Crippen LogP contribution in [0.3, 0.4) is 0 Å². The van der Waals surface area contributed by atoms with Crippen molar-refractivity contribution < 1.29 is 17.6 Å². The lowest BCUT2D eigenvalue weighted by atomic mass is 10.3. The molecule has 118 valence electrons. The Labute approximate surface area is 125 Å². The zero-order valence-corrected chi connectivity index (χ0v) is 13.3. The molecule has 0 bridgehead atoms. The van der Waals surface area contributed by atoms with Crippen LogP contribution in [0.5, 0.6) is 0 Å². The number of hydrogen-bond acceptors (Lipinski definition) is 3. The van der Waals surface area contributed by atoms with Gasteiger partial charge in [-0.15, -0.1) is 0 Å². The van der Waals surface area contributed by atoms with Crippen LogP contribution < -0.4 is 5.32 Å². The van der Waals surface area contributed by atoms with E-state index in [4.69, 9.17) is 0 Å². The quantitative estimate of drug-likeness (QED) is 0.877. The van der Waals surface area contributed by atoms with Crippen molar-refractivity contribution in [1.82, 2.24) is 4.90 Å². The summed E-state index contributed by atoms with van der Waals surface area (Å²) < 4.78 is 36.8. The predicted octanol–water partition coefficient (Wildman–Crippen LogP) is 2.50. The number of carbonyl (C=O) groups excluding carboxylic acids is 1. The van der Waals surface area contributed by atoms with Crippen molar-refractivity contribution in [3.8, 4) is 0 Å². The van der Waals surface area contributed by atoms with Crippen molar-refractivity contribution in [3.05, 3.63) is 30.1 Å². The number of halogens is 1. The fourth-order valence-electron chi connectivity index (χ4n) is 1.98. The summed E-state index contributed by atoms with van der Waals surface area (Å²) in [5, 5.41) is 2.46. The van der Waals surface area contributed by atoms with E-state index in [9.17, 15) is 17.6 Å². The molecule has 1 atom stereocenters. The molecule has 0 unspecified atom stereocenters. The Balaban J connectivity index is 2.80. The van der Waals surface area contributed by atoms with Crippen LogP contribution in [0.4, 0.5) is 14.9 Å². The van der Waals surface area contributed by atoms with Crippen LogP contribution in [0, 0.1) is 5.82 Å². The number of hydrogen-bond donors (Lipinski definition) is 1. The average Bonchev–Trinajstić information content (AvgIpc) is 2.41. The van der Waals surface area contributed by atoms with Crippen LogP contribution in [0.25, 0.3) is 0 Å². The van der Waals surface area contributed by atoms with E-state index in [1.807, 2.05) is 0 Å². The molecule has 0 fully saturated rings. The number of benzene rings is 1. The van der Waals surface area contributed by atoms with E-state index in [2.05, 4.69) is 5.32 Å². The number of nitrogens with zero attached hydrogens (tertiary/aromatic N) is 1. The standard InChI is InChI=1S/C14H21FN2O3S/c1-4-17(11(3)10-21(19,20)5-2)14(18)16-13-9-7-6-8-12(13)15/h6-9,11H,4-5,10H2,1-3H3,(H,16,18)/t11-/m1/s1. The molecule has 0 aromatic heterocycles. The number of rotatable bonds is 6.